The summed E-state index contributed by atoms with van der Waals surface area (Å²) in [6.07, 6.45) is 0. The Labute approximate surface area is 198 Å². The number of isothiocyanates is 1. The zero-order valence-corrected chi connectivity index (χ0v) is 18.7. The Kier molecular flexibility index (Phi) is 5.01. The molecule has 0 aromatic heterocycles. The van der Waals surface area contributed by atoms with E-state index in [0.717, 1.165) is 0 Å². The first-order valence-corrected chi connectivity index (χ1v) is 10.5. The van der Waals surface area contributed by atoms with Gasteiger partial charge in [-0.15, -0.1) is 0 Å². The Hall–Kier alpha value is -4.33. The molecule has 2 heterocycles. The minimum Gasteiger partial charge on any atom is -0.456 e. The van der Waals surface area contributed by atoms with E-state index in [2.05, 4.69) is 10.2 Å². The van der Waals surface area contributed by atoms with Crippen LogP contribution < -0.4 is 14.2 Å². The van der Waals surface area contributed by atoms with Crippen LogP contribution in [0.2, 0.25) is 0 Å². The third-order valence-electron chi connectivity index (χ3n) is 5.45. The molecule has 0 radical (unpaired) electrons. The van der Waals surface area contributed by atoms with Crippen molar-refractivity contribution in [1.82, 2.24) is 0 Å². The standard InChI is InChI=1S/C25H15NO7S/c1-13(27)30-15-6-8-17-21(10-15)32-22-11-16(31-14(2)28)7-9-18(22)25(17)19-4-3-5-20(26-12-34)23(19)24(29)33-25/h3-11H,1-2H3. The number of fused-ring (bicyclic) bond motifs is 6. The predicted molar refractivity (Wildman–Crippen MR) is 122 cm³/mol. The third-order valence-corrected chi connectivity index (χ3v) is 5.54. The summed E-state index contributed by atoms with van der Waals surface area (Å²) < 4.78 is 22.6. The van der Waals surface area contributed by atoms with Crippen LogP contribution in [0.4, 0.5) is 5.69 Å². The van der Waals surface area contributed by atoms with E-state index >= 15 is 0 Å². The van der Waals surface area contributed by atoms with E-state index in [1.165, 1.54) is 26.0 Å². The lowest BCUT2D eigenvalue weighted by atomic mass is 9.77. The number of carbonyl (C=O) groups excluding carboxylic acids is 3. The van der Waals surface area contributed by atoms with Gasteiger partial charge in [-0.05, 0) is 42.5 Å². The number of nitrogens with zero attached hydrogens (tertiary/aromatic N) is 1. The molecule has 0 fully saturated rings. The van der Waals surface area contributed by atoms with Crippen molar-refractivity contribution in [2.75, 3.05) is 0 Å². The molecule has 3 aromatic carbocycles. The van der Waals surface area contributed by atoms with Crippen molar-refractivity contribution in [3.05, 3.63) is 76.9 Å². The molecule has 0 amide bonds. The fourth-order valence-corrected chi connectivity index (χ4v) is 4.41. The molecule has 2 aliphatic rings. The number of hydrogen-bond donors (Lipinski definition) is 0. The minimum absolute atomic E-state index is 0.254. The number of thiocarbonyl (C=S) groups is 1. The monoisotopic (exact) mass is 473 g/mol. The summed E-state index contributed by atoms with van der Waals surface area (Å²) in [5.41, 5.74) is 0.781. The van der Waals surface area contributed by atoms with E-state index in [1.54, 1.807) is 42.5 Å². The van der Waals surface area contributed by atoms with Crippen molar-refractivity contribution in [2.24, 2.45) is 4.99 Å². The molecule has 34 heavy (non-hydrogen) atoms. The maximum Gasteiger partial charge on any atom is 0.342 e. The van der Waals surface area contributed by atoms with Gasteiger partial charge in [0.05, 0.1) is 16.4 Å². The average molecular weight is 473 g/mol. The minimum atomic E-state index is -1.38. The van der Waals surface area contributed by atoms with Crippen LogP contribution in [0.1, 0.15) is 40.9 Å². The van der Waals surface area contributed by atoms with Gasteiger partial charge in [0.1, 0.15) is 23.0 Å². The van der Waals surface area contributed by atoms with Gasteiger partial charge in [0.25, 0.3) is 0 Å². The summed E-state index contributed by atoms with van der Waals surface area (Å²) in [7, 11) is 0. The second kappa shape index (κ2) is 7.91. The largest absolute Gasteiger partial charge is 0.456 e. The molecule has 9 heteroatoms. The van der Waals surface area contributed by atoms with Crippen LogP contribution in [0, 0.1) is 0 Å². The first-order valence-electron chi connectivity index (χ1n) is 10.1. The van der Waals surface area contributed by atoms with Crippen LogP contribution in [-0.2, 0) is 19.9 Å². The van der Waals surface area contributed by atoms with Crippen molar-refractivity contribution in [3.63, 3.8) is 0 Å². The summed E-state index contributed by atoms with van der Waals surface area (Å²) in [4.78, 5) is 40.1. The molecule has 5 rings (SSSR count). The highest BCUT2D eigenvalue weighted by Crippen LogP contribution is 2.58. The topological polar surface area (TPSA) is 100 Å². The second-order valence-electron chi connectivity index (χ2n) is 7.58. The molecule has 0 saturated heterocycles. The van der Waals surface area contributed by atoms with Gasteiger partial charge >= 0.3 is 17.9 Å². The summed E-state index contributed by atoms with van der Waals surface area (Å²) in [5, 5.41) is 2.29. The van der Waals surface area contributed by atoms with Gasteiger partial charge in [0.2, 0.25) is 0 Å². The van der Waals surface area contributed by atoms with Crippen molar-refractivity contribution in [2.45, 2.75) is 19.4 Å². The zero-order valence-electron chi connectivity index (χ0n) is 17.9. The number of rotatable bonds is 3. The van der Waals surface area contributed by atoms with Gasteiger partial charge in [0, 0.05) is 42.7 Å². The highest BCUT2D eigenvalue weighted by atomic mass is 32.1. The quantitative estimate of drug-likeness (QED) is 0.231. The zero-order chi connectivity index (χ0) is 24.0. The molecular weight excluding hydrogens is 458 g/mol. The molecule has 1 spiro atoms. The molecule has 0 N–H and O–H groups in total. The Morgan fingerprint density at radius 1 is 0.912 bits per heavy atom. The Morgan fingerprint density at radius 2 is 1.50 bits per heavy atom. The van der Waals surface area contributed by atoms with Gasteiger partial charge in [-0.1, -0.05) is 12.1 Å². The SMILES string of the molecule is CC(=O)Oc1ccc2c(c1)Oc1cc(OC(C)=O)ccc1C21OC(=O)c2c(N=C=S)cccc21. The highest BCUT2D eigenvalue weighted by molar-refractivity contribution is 7.78. The van der Waals surface area contributed by atoms with E-state index in [9.17, 15) is 14.4 Å². The molecule has 0 saturated carbocycles. The molecule has 0 atom stereocenters. The summed E-state index contributed by atoms with van der Waals surface area (Å²) >= 11 is 4.74. The van der Waals surface area contributed by atoms with Gasteiger partial charge in [-0.25, -0.2) is 4.79 Å². The lowest BCUT2D eigenvalue weighted by molar-refractivity contribution is -0.132. The Bertz CT molecular complexity index is 1390. The second-order valence-corrected chi connectivity index (χ2v) is 7.76. The molecule has 0 bridgehead atoms. The Morgan fingerprint density at radius 3 is 2.03 bits per heavy atom. The highest BCUT2D eigenvalue weighted by Gasteiger charge is 2.54. The van der Waals surface area contributed by atoms with Crippen molar-refractivity contribution in [3.8, 4) is 23.0 Å². The number of carbonyl (C=O) groups is 3. The van der Waals surface area contributed by atoms with E-state index in [0.29, 0.717) is 33.9 Å². The van der Waals surface area contributed by atoms with Crippen molar-refractivity contribution in [1.29, 1.82) is 0 Å². The van der Waals surface area contributed by atoms with Crippen LogP contribution in [0.25, 0.3) is 0 Å². The van der Waals surface area contributed by atoms with Crippen LogP contribution in [-0.4, -0.2) is 23.1 Å². The van der Waals surface area contributed by atoms with Crippen LogP contribution in [0.3, 0.4) is 0 Å². The fraction of sp³-hybridized carbons (Fsp3) is 0.120. The number of hydrogen-bond acceptors (Lipinski definition) is 9. The lowest BCUT2D eigenvalue weighted by Crippen LogP contribution is -2.33. The maximum atomic E-state index is 13.2. The van der Waals surface area contributed by atoms with Gasteiger partial charge in [0.15, 0.2) is 5.60 Å². The molecule has 2 aliphatic heterocycles. The maximum absolute atomic E-state index is 13.2. The first kappa shape index (κ1) is 21.5. The fourth-order valence-electron chi connectivity index (χ4n) is 4.31. The van der Waals surface area contributed by atoms with Gasteiger partial charge < -0.3 is 18.9 Å². The number of esters is 3. The molecule has 3 aromatic rings. The van der Waals surface area contributed by atoms with Crippen LogP contribution in [0.5, 0.6) is 23.0 Å². The number of ether oxygens (including phenoxy) is 4. The summed E-state index contributed by atoms with van der Waals surface area (Å²) in [6, 6.07) is 14.7. The normalized spacial score (nSPS) is 14.0. The Balaban J connectivity index is 1.80. The molecule has 0 aliphatic carbocycles. The molecule has 0 unspecified atom stereocenters. The van der Waals surface area contributed by atoms with E-state index in [1.807, 2.05) is 0 Å². The van der Waals surface area contributed by atoms with Crippen molar-refractivity contribution < 1.29 is 33.3 Å². The van der Waals surface area contributed by atoms with Gasteiger partial charge in [-0.3, -0.25) is 9.59 Å². The van der Waals surface area contributed by atoms with E-state index in [-0.39, 0.29) is 17.1 Å². The smallest absolute Gasteiger partial charge is 0.342 e. The van der Waals surface area contributed by atoms with E-state index in [4.69, 9.17) is 31.2 Å². The number of benzene rings is 3. The van der Waals surface area contributed by atoms with Gasteiger partial charge in [-0.2, -0.15) is 4.99 Å². The predicted octanol–water partition coefficient (Wildman–Crippen LogP) is 4.84. The van der Waals surface area contributed by atoms with E-state index < -0.39 is 23.5 Å². The van der Waals surface area contributed by atoms with Crippen molar-refractivity contribution >= 4 is 41.0 Å². The molecule has 168 valence electrons. The lowest BCUT2D eigenvalue weighted by Gasteiger charge is -2.36. The molecular formula is C25H15NO7S. The van der Waals surface area contributed by atoms with Crippen LogP contribution >= 0.6 is 12.2 Å². The summed E-state index contributed by atoms with van der Waals surface area (Å²) in [6.45, 7) is 2.57. The molecule has 8 nitrogen and oxygen atoms in total. The van der Waals surface area contributed by atoms with Crippen LogP contribution in [0.15, 0.2) is 59.6 Å². The first-order chi connectivity index (χ1) is 16.3. The average Bonchev–Trinajstić information content (AvgIpc) is 3.07. The summed E-state index contributed by atoms with van der Waals surface area (Å²) in [5.74, 6) is -0.474. The third kappa shape index (κ3) is 3.26. The number of aliphatic imine (C=N–C) groups is 1.